The molecule has 1 saturated heterocycles. The molecule has 0 bridgehead atoms. The molecule has 0 saturated carbocycles. The molecule has 0 aromatic carbocycles. The lowest BCUT2D eigenvalue weighted by Gasteiger charge is -2.47. The number of nitrogens with one attached hydrogen (secondary N) is 1. The first-order valence-electron chi connectivity index (χ1n) is 6.49. The highest BCUT2D eigenvalue weighted by Crippen LogP contribution is 2.22. The molecule has 15 heavy (non-hydrogen) atoms. The highest BCUT2D eigenvalue weighted by atomic mass is 15.3. The van der Waals surface area contributed by atoms with Crippen molar-refractivity contribution in [3.05, 3.63) is 0 Å². The first-order valence-corrected chi connectivity index (χ1v) is 6.49. The van der Waals surface area contributed by atoms with Crippen molar-refractivity contribution < 1.29 is 0 Å². The maximum atomic E-state index is 3.68. The summed E-state index contributed by atoms with van der Waals surface area (Å²) >= 11 is 0. The van der Waals surface area contributed by atoms with E-state index in [1.165, 1.54) is 32.4 Å². The number of hydrogen-bond donors (Lipinski definition) is 1. The van der Waals surface area contributed by atoms with Gasteiger partial charge in [0.15, 0.2) is 0 Å². The van der Waals surface area contributed by atoms with Crippen LogP contribution < -0.4 is 5.32 Å². The SMILES string of the molecule is CCCC1CN(C(C)(C)C)C(CC)CN1. The summed E-state index contributed by atoms with van der Waals surface area (Å²) in [6, 6.07) is 1.43. The summed E-state index contributed by atoms with van der Waals surface area (Å²) in [4.78, 5) is 2.68. The molecule has 0 aliphatic carbocycles. The van der Waals surface area contributed by atoms with Gasteiger partial charge in [-0.15, -0.1) is 0 Å². The highest BCUT2D eigenvalue weighted by Gasteiger charge is 2.33. The van der Waals surface area contributed by atoms with Gasteiger partial charge in [-0.05, 0) is 33.6 Å². The van der Waals surface area contributed by atoms with Gasteiger partial charge in [0.05, 0.1) is 0 Å². The van der Waals surface area contributed by atoms with Crippen molar-refractivity contribution in [1.82, 2.24) is 10.2 Å². The van der Waals surface area contributed by atoms with E-state index < -0.39 is 0 Å². The van der Waals surface area contributed by atoms with Crippen molar-refractivity contribution in [3.63, 3.8) is 0 Å². The highest BCUT2D eigenvalue weighted by molar-refractivity contribution is 4.91. The Labute approximate surface area is 95.4 Å². The van der Waals surface area contributed by atoms with Crippen molar-refractivity contribution in [3.8, 4) is 0 Å². The molecule has 0 amide bonds. The summed E-state index contributed by atoms with van der Waals surface area (Å²) in [6.07, 6.45) is 3.85. The van der Waals surface area contributed by atoms with Crippen molar-refractivity contribution in [2.24, 2.45) is 0 Å². The monoisotopic (exact) mass is 212 g/mol. The van der Waals surface area contributed by atoms with E-state index in [1.54, 1.807) is 0 Å². The van der Waals surface area contributed by atoms with Gasteiger partial charge in [-0.3, -0.25) is 4.90 Å². The predicted molar refractivity (Wildman–Crippen MR) is 67.2 cm³/mol. The van der Waals surface area contributed by atoms with Crippen LogP contribution in [0.2, 0.25) is 0 Å². The van der Waals surface area contributed by atoms with E-state index in [0.29, 0.717) is 11.6 Å². The molecule has 1 heterocycles. The molecule has 0 radical (unpaired) electrons. The van der Waals surface area contributed by atoms with Crippen LogP contribution in [0.25, 0.3) is 0 Å². The minimum absolute atomic E-state index is 0.314. The van der Waals surface area contributed by atoms with Crippen LogP contribution in [0, 0.1) is 0 Å². The second kappa shape index (κ2) is 5.31. The fourth-order valence-corrected chi connectivity index (χ4v) is 2.59. The maximum absolute atomic E-state index is 3.68. The Bertz CT molecular complexity index is 183. The lowest BCUT2D eigenvalue weighted by atomic mass is 9.96. The molecular formula is C13H28N2. The van der Waals surface area contributed by atoms with Crippen LogP contribution in [0.3, 0.4) is 0 Å². The Morgan fingerprint density at radius 1 is 1.27 bits per heavy atom. The van der Waals surface area contributed by atoms with Gasteiger partial charge in [0, 0.05) is 30.7 Å². The average Bonchev–Trinajstić information content (AvgIpc) is 2.17. The summed E-state index contributed by atoms with van der Waals surface area (Å²) in [6.45, 7) is 14.0. The van der Waals surface area contributed by atoms with Gasteiger partial charge in [0.2, 0.25) is 0 Å². The molecule has 0 spiro atoms. The minimum atomic E-state index is 0.314. The third-order valence-corrected chi connectivity index (χ3v) is 3.47. The van der Waals surface area contributed by atoms with Crippen LogP contribution in [0.1, 0.15) is 53.9 Å². The van der Waals surface area contributed by atoms with Crippen LogP contribution in [-0.4, -0.2) is 35.6 Å². The molecule has 1 fully saturated rings. The summed E-state index contributed by atoms with van der Waals surface area (Å²) in [5, 5.41) is 3.68. The number of hydrogen-bond acceptors (Lipinski definition) is 2. The van der Waals surface area contributed by atoms with Gasteiger partial charge in [-0.25, -0.2) is 0 Å². The third-order valence-electron chi connectivity index (χ3n) is 3.47. The molecule has 0 aromatic rings. The molecule has 2 nitrogen and oxygen atoms in total. The van der Waals surface area contributed by atoms with E-state index in [-0.39, 0.29) is 0 Å². The fraction of sp³-hybridized carbons (Fsp3) is 1.00. The van der Waals surface area contributed by atoms with E-state index in [4.69, 9.17) is 0 Å². The molecule has 2 atom stereocenters. The first-order chi connectivity index (χ1) is 6.99. The van der Waals surface area contributed by atoms with E-state index in [9.17, 15) is 0 Å². The Morgan fingerprint density at radius 3 is 2.40 bits per heavy atom. The van der Waals surface area contributed by atoms with Crippen LogP contribution in [0.15, 0.2) is 0 Å². The van der Waals surface area contributed by atoms with Gasteiger partial charge in [0.25, 0.3) is 0 Å². The molecule has 2 unspecified atom stereocenters. The topological polar surface area (TPSA) is 15.3 Å². The normalized spacial score (nSPS) is 29.4. The molecule has 1 aliphatic heterocycles. The molecule has 0 aromatic heterocycles. The quantitative estimate of drug-likeness (QED) is 0.773. The predicted octanol–water partition coefficient (Wildman–Crippen LogP) is 2.64. The Balaban J connectivity index is 2.61. The second-order valence-electron chi connectivity index (χ2n) is 5.78. The smallest absolute Gasteiger partial charge is 0.0223 e. The van der Waals surface area contributed by atoms with Gasteiger partial charge in [0.1, 0.15) is 0 Å². The van der Waals surface area contributed by atoms with Gasteiger partial charge in [-0.2, -0.15) is 0 Å². The zero-order chi connectivity index (χ0) is 11.5. The standard InChI is InChI=1S/C13H28N2/c1-6-8-11-10-15(13(3,4)5)12(7-2)9-14-11/h11-12,14H,6-10H2,1-5H3. The fourth-order valence-electron chi connectivity index (χ4n) is 2.59. The first kappa shape index (κ1) is 13.0. The summed E-state index contributed by atoms with van der Waals surface area (Å²) in [7, 11) is 0. The molecule has 90 valence electrons. The number of nitrogens with zero attached hydrogens (tertiary/aromatic N) is 1. The summed E-state index contributed by atoms with van der Waals surface area (Å²) in [5.41, 5.74) is 0.314. The van der Waals surface area contributed by atoms with Crippen molar-refractivity contribution in [2.75, 3.05) is 13.1 Å². The lowest BCUT2D eigenvalue weighted by Crippen LogP contribution is -2.61. The molecular weight excluding hydrogens is 184 g/mol. The largest absolute Gasteiger partial charge is 0.311 e. The summed E-state index contributed by atoms with van der Waals surface area (Å²) < 4.78 is 0. The second-order valence-corrected chi connectivity index (χ2v) is 5.78. The van der Waals surface area contributed by atoms with Gasteiger partial charge in [-0.1, -0.05) is 20.3 Å². The van der Waals surface area contributed by atoms with Gasteiger partial charge >= 0.3 is 0 Å². The van der Waals surface area contributed by atoms with E-state index >= 15 is 0 Å². The van der Waals surface area contributed by atoms with Crippen LogP contribution in [0.4, 0.5) is 0 Å². The van der Waals surface area contributed by atoms with Crippen LogP contribution in [0.5, 0.6) is 0 Å². The Kier molecular flexibility index (Phi) is 4.60. The van der Waals surface area contributed by atoms with Crippen LogP contribution in [-0.2, 0) is 0 Å². The minimum Gasteiger partial charge on any atom is -0.311 e. The molecule has 1 N–H and O–H groups in total. The van der Waals surface area contributed by atoms with E-state index in [1.807, 2.05) is 0 Å². The number of piperazine rings is 1. The van der Waals surface area contributed by atoms with Crippen molar-refractivity contribution in [2.45, 2.75) is 71.5 Å². The Hall–Kier alpha value is -0.0800. The van der Waals surface area contributed by atoms with E-state index in [2.05, 4.69) is 44.8 Å². The van der Waals surface area contributed by atoms with Gasteiger partial charge < -0.3 is 5.32 Å². The molecule has 1 rings (SSSR count). The van der Waals surface area contributed by atoms with Crippen molar-refractivity contribution >= 4 is 0 Å². The Morgan fingerprint density at radius 2 is 1.93 bits per heavy atom. The summed E-state index contributed by atoms with van der Waals surface area (Å²) in [5.74, 6) is 0. The van der Waals surface area contributed by atoms with Crippen LogP contribution >= 0.6 is 0 Å². The lowest BCUT2D eigenvalue weighted by molar-refractivity contribution is 0.0377. The number of rotatable bonds is 3. The average molecular weight is 212 g/mol. The molecule has 2 heteroatoms. The third kappa shape index (κ3) is 3.46. The molecule has 1 aliphatic rings. The van der Waals surface area contributed by atoms with E-state index in [0.717, 1.165) is 6.04 Å². The maximum Gasteiger partial charge on any atom is 0.0223 e. The zero-order valence-corrected chi connectivity index (χ0v) is 11.1. The zero-order valence-electron chi connectivity index (χ0n) is 11.1. The van der Waals surface area contributed by atoms with Crippen molar-refractivity contribution in [1.29, 1.82) is 0 Å².